The zero-order valence-corrected chi connectivity index (χ0v) is 11.3. The molecule has 0 aliphatic carbocycles. The summed E-state index contributed by atoms with van der Waals surface area (Å²) >= 11 is 0. The molecule has 1 N–H and O–H groups in total. The van der Waals surface area contributed by atoms with Crippen LogP contribution in [0.4, 0.5) is 0 Å². The third kappa shape index (κ3) is 10.2. The Bertz CT molecular complexity index is 131. The van der Waals surface area contributed by atoms with Gasteiger partial charge >= 0.3 is 0 Å². The van der Waals surface area contributed by atoms with E-state index in [0.29, 0.717) is 0 Å². The molecule has 0 aromatic rings. The van der Waals surface area contributed by atoms with Crippen molar-refractivity contribution in [2.75, 3.05) is 0 Å². The summed E-state index contributed by atoms with van der Waals surface area (Å²) in [6.45, 7) is 11.0. The van der Waals surface area contributed by atoms with Crippen molar-refractivity contribution in [1.82, 2.24) is 0 Å². The van der Waals surface area contributed by atoms with Crippen LogP contribution < -0.4 is 0 Å². The van der Waals surface area contributed by atoms with Crippen LogP contribution in [0.5, 0.6) is 0 Å². The van der Waals surface area contributed by atoms with E-state index in [4.69, 9.17) is 0 Å². The first-order valence-electron chi connectivity index (χ1n) is 6.56. The molecule has 92 valence electrons. The third-order valence-corrected chi connectivity index (χ3v) is 2.99. The zero-order chi connectivity index (χ0) is 11.9. The van der Waals surface area contributed by atoms with Gasteiger partial charge in [0, 0.05) is 0 Å². The lowest BCUT2D eigenvalue weighted by molar-refractivity contribution is 0.0353. The highest BCUT2D eigenvalue weighted by Crippen LogP contribution is 2.23. The molecule has 1 nitrogen and oxygen atoms in total. The Hall–Kier alpha value is -0.0400. The number of hydrogen-bond acceptors (Lipinski definition) is 1. The van der Waals surface area contributed by atoms with Crippen molar-refractivity contribution in [3.63, 3.8) is 0 Å². The van der Waals surface area contributed by atoms with E-state index in [1.807, 2.05) is 6.92 Å². The summed E-state index contributed by atoms with van der Waals surface area (Å²) in [7, 11) is 0. The lowest BCUT2D eigenvalue weighted by atomic mass is 9.90. The maximum absolute atomic E-state index is 10.1. The Morgan fingerprint density at radius 1 is 0.867 bits per heavy atom. The highest BCUT2D eigenvalue weighted by Gasteiger charge is 2.19. The van der Waals surface area contributed by atoms with Gasteiger partial charge in [0.2, 0.25) is 0 Å². The van der Waals surface area contributed by atoms with E-state index in [1.54, 1.807) is 0 Å². The number of rotatable bonds is 8. The lowest BCUT2D eigenvalue weighted by Crippen LogP contribution is -2.24. The Balaban J connectivity index is 3.57. The maximum Gasteiger partial charge on any atom is 0.0619 e. The largest absolute Gasteiger partial charge is 0.390 e. The molecule has 0 bridgehead atoms. The van der Waals surface area contributed by atoms with Crippen molar-refractivity contribution >= 4 is 0 Å². The summed E-state index contributed by atoms with van der Waals surface area (Å²) in [6.07, 6.45) is 6.71. The minimum absolute atomic E-state index is 0.427. The molecule has 0 aliphatic rings. The number of hydrogen-bond donors (Lipinski definition) is 1. The minimum atomic E-state index is -0.427. The van der Waals surface area contributed by atoms with Gasteiger partial charge in [-0.05, 0) is 31.6 Å². The van der Waals surface area contributed by atoms with E-state index >= 15 is 0 Å². The second kappa shape index (κ2) is 7.27. The molecule has 0 rings (SSSR count). The van der Waals surface area contributed by atoms with Crippen molar-refractivity contribution in [3.8, 4) is 0 Å². The molecule has 15 heavy (non-hydrogen) atoms. The second-order valence-corrected chi connectivity index (χ2v) is 6.07. The summed E-state index contributed by atoms with van der Waals surface area (Å²) in [4.78, 5) is 0. The normalized spacial score (nSPS) is 12.8. The van der Waals surface area contributed by atoms with Crippen molar-refractivity contribution in [3.05, 3.63) is 0 Å². The van der Waals surface area contributed by atoms with E-state index in [-0.39, 0.29) is 0 Å². The molecule has 0 fully saturated rings. The minimum Gasteiger partial charge on any atom is -0.390 e. The maximum atomic E-state index is 10.1. The molecule has 1 heteroatoms. The summed E-state index contributed by atoms with van der Waals surface area (Å²) in [5.74, 6) is 1.52. The predicted octanol–water partition coefficient (Wildman–Crippen LogP) is 4.39. The van der Waals surface area contributed by atoms with Crippen LogP contribution in [-0.4, -0.2) is 10.7 Å². The van der Waals surface area contributed by atoms with Crippen LogP contribution in [0.25, 0.3) is 0 Å². The van der Waals surface area contributed by atoms with Crippen LogP contribution in [0, 0.1) is 11.8 Å². The third-order valence-electron chi connectivity index (χ3n) is 2.99. The average Bonchev–Trinajstić information content (AvgIpc) is 2.01. The van der Waals surface area contributed by atoms with E-state index in [1.165, 1.54) is 12.8 Å². The van der Waals surface area contributed by atoms with Gasteiger partial charge in [-0.25, -0.2) is 0 Å². The smallest absolute Gasteiger partial charge is 0.0619 e. The van der Waals surface area contributed by atoms with Gasteiger partial charge in [-0.3, -0.25) is 0 Å². The molecule has 0 amide bonds. The van der Waals surface area contributed by atoms with E-state index in [0.717, 1.165) is 37.5 Å². The Morgan fingerprint density at radius 2 is 1.20 bits per heavy atom. The van der Waals surface area contributed by atoms with Crippen LogP contribution in [0.3, 0.4) is 0 Å². The zero-order valence-electron chi connectivity index (χ0n) is 11.3. The standard InChI is InChI=1S/C14H30O/c1-12(2)8-6-10-14(5,15)11-7-9-13(3)4/h12-13,15H,6-11H2,1-5H3. The molecule has 0 heterocycles. The Morgan fingerprint density at radius 3 is 1.47 bits per heavy atom. The summed E-state index contributed by atoms with van der Waals surface area (Å²) in [5.41, 5.74) is -0.427. The summed E-state index contributed by atoms with van der Waals surface area (Å²) < 4.78 is 0. The van der Waals surface area contributed by atoms with Crippen molar-refractivity contribution < 1.29 is 5.11 Å². The Kier molecular flexibility index (Phi) is 7.25. The molecule has 0 unspecified atom stereocenters. The fourth-order valence-corrected chi connectivity index (χ4v) is 1.91. The van der Waals surface area contributed by atoms with E-state index in [2.05, 4.69) is 27.7 Å². The van der Waals surface area contributed by atoms with E-state index < -0.39 is 5.60 Å². The van der Waals surface area contributed by atoms with E-state index in [9.17, 15) is 5.11 Å². The van der Waals surface area contributed by atoms with Crippen LogP contribution in [0.15, 0.2) is 0 Å². The van der Waals surface area contributed by atoms with Crippen molar-refractivity contribution in [2.24, 2.45) is 11.8 Å². The second-order valence-electron chi connectivity index (χ2n) is 6.07. The van der Waals surface area contributed by atoms with Gasteiger partial charge in [0.25, 0.3) is 0 Å². The van der Waals surface area contributed by atoms with Gasteiger partial charge in [-0.2, -0.15) is 0 Å². The molecule has 0 spiro atoms. The van der Waals surface area contributed by atoms with Gasteiger partial charge in [0.15, 0.2) is 0 Å². The fraction of sp³-hybridized carbons (Fsp3) is 1.00. The lowest BCUT2D eigenvalue weighted by Gasteiger charge is -2.24. The van der Waals surface area contributed by atoms with Crippen molar-refractivity contribution in [1.29, 1.82) is 0 Å². The molecule has 0 aliphatic heterocycles. The first-order chi connectivity index (χ1) is 6.83. The molecule has 0 saturated carbocycles. The van der Waals surface area contributed by atoms with Gasteiger partial charge in [-0.1, -0.05) is 53.4 Å². The first kappa shape index (κ1) is 15.0. The van der Waals surface area contributed by atoms with Crippen LogP contribution in [-0.2, 0) is 0 Å². The van der Waals surface area contributed by atoms with Gasteiger partial charge in [0.05, 0.1) is 5.60 Å². The molecule has 0 atom stereocenters. The Labute approximate surface area is 96.3 Å². The molecular formula is C14H30O. The molecule has 0 saturated heterocycles. The van der Waals surface area contributed by atoms with Gasteiger partial charge in [-0.15, -0.1) is 0 Å². The van der Waals surface area contributed by atoms with Crippen LogP contribution in [0.1, 0.15) is 73.1 Å². The summed E-state index contributed by atoms with van der Waals surface area (Å²) in [5, 5.41) is 10.1. The van der Waals surface area contributed by atoms with Crippen LogP contribution in [0.2, 0.25) is 0 Å². The SMILES string of the molecule is CC(C)CCCC(C)(O)CCCC(C)C. The van der Waals surface area contributed by atoms with Crippen LogP contribution >= 0.6 is 0 Å². The average molecular weight is 214 g/mol. The number of aliphatic hydroxyl groups is 1. The summed E-state index contributed by atoms with van der Waals surface area (Å²) in [6, 6.07) is 0. The fourth-order valence-electron chi connectivity index (χ4n) is 1.91. The van der Waals surface area contributed by atoms with Gasteiger partial charge < -0.3 is 5.11 Å². The topological polar surface area (TPSA) is 20.2 Å². The molecule has 0 radical (unpaired) electrons. The highest BCUT2D eigenvalue weighted by molar-refractivity contribution is 4.72. The first-order valence-corrected chi connectivity index (χ1v) is 6.56. The monoisotopic (exact) mass is 214 g/mol. The van der Waals surface area contributed by atoms with Gasteiger partial charge in [0.1, 0.15) is 0 Å². The van der Waals surface area contributed by atoms with Crippen molar-refractivity contribution in [2.45, 2.75) is 78.7 Å². The highest BCUT2D eigenvalue weighted by atomic mass is 16.3. The quantitative estimate of drug-likeness (QED) is 0.635. The molecule has 0 aromatic carbocycles. The molecule has 0 aromatic heterocycles. The predicted molar refractivity (Wildman–Crippen MR) is 68.0 cm³/mol. The molecular weight excluding hydrogens is 184 g/mol.